The maximum absolute atomic E-state index is 13.6. The number of amides is 1. The second-order valence-corrected chi connectivity index (χ2v) is 6.36. The molecule has 0 bridgehead atoms. The van der Waals surface area contributed by atoms with Crippen LogP contribution in [0.2, 0.25) is 0 Å². The Morgan fingerprint density at radius 3 is 2.73 bits per heavy atom. The predicted molar refractivity (Wildman–Crippen MR) is 77.8 cm³/mol. The molecule has 1 amide bonds. The van der Waals surface area contributed by atoms with Crippen LogP contribution in [-0.4, -0.2) is 35.8 Å². The molecule has 122 valence electrons. The molecule has 0 unspecified atom stereocenters. The van der Waals surface area contributed by atoms with Crippen molar-refractivity contribution in [1.29, 1.82) is 0 Å². The van der Waals surface area contributed by atoms with Crippen LogP contribution in [0, 0.1) is 11.6 Å². The molecule has 2 rings (SSSR count). The number of nitrogens with zero attached hydrogens (tertiary/aromatic N) is 1. The fraction of sp³-hybridized carbons (Fsp3) is 0.562. The van der Waals surface area contributed by atoms with E-state index in [2.05, 4.69) is 0 Å². The van der Waals surface area contributed by atoms with E-state index in [1.807, 2.05) is 0 Å². The second kappa shape index (κ2) is 6.50. The lowest BCUT2D eigenvalue weighted by Crippen LogP contribution is -2.46. The SMILES string of the molecule is CC(C)(C)OC(=O)N1CCC[C@@H](Oc2cccc(F)c2F)C1. The predicted octanol–water partition coefficient (Wildman–Crippen LogP) is 3.74. The first-order valence-electron chi connectivity index (χ1n) is 7.35. The molecule has 0 N–H and O–H groups in total. The van der Waals surface area contributed by atoms with E-state index < -0.39 is 23.3 Å². The molecule has 1 aromatic carbocycles. The van der Waals surface area contributed by atoms with Crippen molar-refractivity contribution >= 4 is 6.09 Å². The van der Waals surface area contributed by atoms with E-state index in [1.165, 1.54) is 17.0 Å². The average molecular weight is 313 g/mol. The van der Waals surface area contributed by atoms with E-state index in [0.29, 0.717) is 19.5 Å². The molecule has 1 aliphatic heterocycles. The molecular weight excluding hydrogens is 292 g/mol. The Morgan fingerprint density at radius 1 is 1.32 bits per heavy atom. The van der Waals surface area contributed by atoms with Gasteiger partial charge >= 0.3 is 6.09 Å². The zero-order valence-corrected chi connectivity index (χ0v) is 13.1. The summed E-state index contributed by atoms with van der Waals surface area (Å²) in [5.41, 5.74) is -0.570. The normalized spacial score (nSPS) is 19.0. The molecule has 1 heterocycles. The van der Waals surface area contributed by atoms with Crippen molar-refractivity contribution in [1.82, 2.24) is 4.90 Å². The molecule has 0 aliphatic carbocycles. The van der Waals surface area contributed by atoms with Crippen LogP contribution in [0.5, 0.6) is 5.75 Å². The molecule has 1 aliphatic rings. The van der Waals surface area contributed by atoms with E-state index in [1.54, 1.807) is 20.8 Å². The Balaban J connectivity index is 1.99. The summed E-state index contributed by atoms with van der Waals surface area (Å²) < 4.78 is 37.6. The minimum atomic E-state index is -1.00. The van der Waals surface area contributed by atoms with Crippen LogP contribution in [0.15, 0.2) is 18.2 Å². The topological polar surface area (TPSA) is 38.8 Å². The van der Waals surface area contributed by atoms with Crippen molar-refractivity contribution in [2.45, 2.75) is 45.3 Å². The third-order valence-corrected chi connectivity index (χ3v) is 3.24. The first-order chi connectivity index (χ1) is 10.3. The van der Waals surface area contributed by atoms with E-state index in [0.717, 1.165) is 12.5 Å². The third-order valence-electron chi connectivity index (χ3n) is 3.24. The minimum Gasteiger partial charge on any atom is -0.485 e. The minimum absolute atomic E-state index is 0.129. The molecule has 0 aromatic heterocycles. The van der Waals surface area contributed by atoms with E-state index in [-0.39, 0.29) is 11.9 Å². The smallest absolute Gasteiger partial charge is 0.410 e. The van der Waals surface area contributed by atoms with Crippen LogP contribution < -0.4 is 4.74 Å². The Labute approximate surface area is 129 Å². The standard InChI is InChI=1S/C16H21F2NO3/c1-16(2,3)22-15(20)19-9-5-6-11(10-19)21-13-8-4-7-12(17)14(13)18/h4,7-8,11H,5-6,9-10H2,1-3H3/t11-/m1/s1. The molecule has 6 heteroatoms. The van der Waals surface area contributed by atoms with Crippen LogP contribution in [0.1, 0.15) is 33.6 Å². The van der Waals surface area contributed by atoms with Gasteiger partial charge in [-0.1, -0.05) is 6.07 Å². The number of ether oxygens (including phenoxy) is 2. The Kier molecular flexibility index (Phi) is 4.88. The zero-order chi connectivity index (χ0) is 16.3. The number of benzene rings is 1. The number of rotatable bonds is 2. The summed E-state index contributed by atoms with van der Waals surface area (Å²) in [4.78, 5) is 13.6. The number of halogens is 2. The molecule has 1 fully saturated rings. The van der Waals surface area contributed by atoms with Crippen LogP contribution in [-0.2, 0) is 4.74 Å². The van der Waals surface area contributed by atoms with Crippen molar-refractivity contribution in [3.63, 3.8) is 0 Å². The zero-order valence-electron chi connectivity index (χ0n) is 13.1. The molecule has 0 spiro atoms. The highest BCUT2D eigenvalue weighted by molar-refractivity contribution is 5.68. The number of likely N-dealkylation sites (tertiary alicyclic amines) is 1. The van der Waals surface area contributed by atoms with E-state index in [4.69, 9.17) is 9.47 Å². The summed E-state index contributed by atoms with van der Waals surface area (Å²) in [7, 11) is 0. The molecule has 22 heavy (non-hydrogen) atoms. The second-order valence-electron chi connectivity index (χ2n) is 6.36. The monoisotopic (exact) mass is 313 g/mol. The van der Waals surface area contributed by atoms with Gasteiger partial charge in [0.1, 0.15) is 11.7 Å². The van der Waals surface area contributed by atoms with Gasteiger partial charge in [-0.05, 0) is 45.7 Å². The van der Waals surface area contributed by atoms with Crippen LogP contribution in [0.3, 0.4) is 0 Å². The van der Waals surface area contributed by atoms with Gasteiger partial charge in [-0.15, -0.1) is 0 Å². The fourth-order valence-electron chi connectivity index (χ4n) is 2.28. The summed E-state index contributed by atoms with van der Waals surface area (Å²) in [6.07, 6.45) is 0.605. The van der Waals surface area contributed by atoms with Crippen molar-refractivity contribution in [2.24, 2.45) is 0 Å². The Morgan fingerprint density at radius 2 is 2.05 bits per heavy atom. The molecule has 0 saturated carbocycles. The molecule has 4 nitrogen and oxygen atoms in total. The van der Waals surface area contributed by atoms with Gasteiger partial charge in [0.05, 0.1) is 6.54 Å². The molecule has 0 radical (unpaired) electrons. The highest BCUT2D eigenvalue weighted by Gasteiger charge is 2.29. The van der Waals surface area contributed by atoms with Crippen molar-refractivity contribution in [3.8, 4) is 5.75 Å². The molecule has 1 saturated heterocycles. The first-order valence-corrected chi connectivity index (χ1v) is 7.35. The van der Waals surface area contributed by atoms with Gasteiger partial charge in [0.15, 0.2) is 11.6 Å². The highest BCUT2D eigenvalue weighted by atomic mass is 19.2. The van der Waals surface area contributed by atoms with Crippen LogP contribution in [0.25, 0.3) is 0 Å². The lowest BCUT2D eigenvalue weighted by molar-refractivity contribution is 0.00728. The quantitative estimate of drug-likeness (QED) is 0.835. The van der Waals surface area contributed by atoms with E-state index in [9.17, 15) is 13.6 Å². The lowest BCUT2D eigenvalue weighted by Gasteiger charge is -2.34. The van der Waals surface area contributed by atoms with E-state index >= 15 is 0 Å². The Bertz CT molecular complexity index is 543. The maximum atomic E-state index is 13.6. The number of hydrogen-bond acceptors (Lipinski definition) is 3. The summed E-state index contributed by atoms with van der Waals surface area (Å²) in [5.74, 6) is -2.08. The average Bonchev–Trinajstić information content (AvgIpc) is 2.42. The fourth-order valence-corrected chi connectivity index (χ4v) is 2.28. The van der Waals surface area contributed by atoms with Gasteiger partial charge in [-0.3, -0.25) is 0 Å². The van der Waals surface area contributed by atoms with Crippen LogP contribution >= 0.6 is 0 Å². The van der Waals surface area contributed by atoms with Crippen molar-refractivity contribution in [3.05, 3.63) is 29.8 Å². The van der Waals surface area contributed by atoms with Gasteiger partial charge < -0.3 is 14.4 Å². The van der Waals surface area contributed by atoms with Gasteiger partial charge in [0.25, 0.3) is 0 Å². The van der Waals surface area contributed by atoms with Crippen LogP contribution in [0.4, 0.5) is 13.6 Å². The third kappa shape index (κ3) is 4.32. The summed E-state index contributed by atoms with van der Waals surface area (Å²) in [6.45, 7) is 6.26. The number of carbonyl (C=O) groups is 1. The van der Waals surface area contributed by atoms with Gasteiger partial charge in [-0.25, -0.2) is 9.18 Å². The summed E-state index contributed by atoms with van der Waals surface area (Å²) >= 11 is 0. The molecular formula is C16H21F2NO3. The number of hydrogen-bond donors (Lipinski definition) is 0. The first kappa shape index (κ1) is 16.5. The maximum Gasteiger partial charge on any atom is 0.410 e. The largest absolute Gasteiger partial charge is 0.485 e. The highest BCUT2D eigenvalue weighted by Crippen LogP contribution is 2.24. The van der Waals surface area contributed by atoms with Gasteiger partial charge in [0, 0.05) is 6.54 Å². The summed E-state index contributed by atoms with van der Waals surface area (Å²) in [6, 6.07) is 3.81. The number of carbonyl (C=O) groups excluding carboxylic acids is 1. The van der Waals surface area contributed by atoms with Crippen molar-refractivity contribution < 1.29 is 23.0 Å². The van der Waals surface area contributed by atoms with Gasteiger partial charge in [0.2, 0.25) is 5.82 Å². The summed E-state index contributed by atoms with van der Waals surface area (Å²) in [5, 5.41) is 0. The van der Waals surface area contributed by atoms with Gasteiger partial charge in [-0.2, -0.15) is 4.39 Å². The number of piperidine rings is 1. The van der Waals surface area contributed by atoms with Crippen molar-refractivity contribution in [2.75, 3.05) is 13.1 Å². The Hall–Kier alpha value is -1.85. The molecule has 1 aromatic rings. The molecule has 1 atom stereocenters. The lowest BCUT2D eigenvalue weighted by atomic mass is 10.1.